The van der Waals surface area contributed by atoms with Gasteiger partial charge >= 0.3 is 0 Å². The van der Waals surface area contributed by atoms with Gasteiger partial charge in [-0.1, -0.05) is 11.6 Å². The van der Waals surface area contributed by atoms with E-state index in [1.165, 1.54) is 5.57 Å². The second-order valence-electron chi connectivity index (χ2n) is 2.03. The van der Waals surface area contributed by atoms with Gasteiger partial charge in [-0.05, 0) is 20.3 Å². The van der Waals surface area contributed by atoms with Gasteiger partial charge < -0.3 is 0 Å². The van der Waals surface area contributed by atoms with Crippen molar-refractivity contribution in [2.75, 3.05) is 0 Å². The fourth-order valence-electron chi connectivity index (χ4n) is 0.448. The Morgan fingerprint density at radius 3 is 2.44 bits per heavy atom. The van der Waals surface area contributed by atoms with E-state index < -0.39 is 0 Å². The number of hydrogen-bond donors (Lipinski definition) is 1. The molecule has 52 valence electrons. The Morgan fingerprint density at radius 1 is 1.56 bits per heavy atom. The summed E-state index contributed by atoms with van der Waals surface area (Å²) >= 11 is 3.65. The van der Waals surface area contributed by atoms with Crippen molar-refractivity contribution in [1.82, 2.24) is 0 Å². The molecule has 0 heterocycles. The second kappa shape index (κ2) is 4.62. The molecule has 9 heavy (non-hydrogen) atoms. The summed E-state index contributed by atoms with van der Waals surface area (Å²) in [5.41, 5.74) is 1.25. The highest BCUT2D eigenvalue weighted by Gasteiger charge is 1.93. The van der Waals surface area contributed by atoms with Gasteiger partial charge in [0.25, 0.3) is 0 Å². The molecular weight excluding hydrogens is 132 g/mol. The predicted octanol–water partition coefficient (Wildman–Crippen LogP) is 2.19. The molecule has 0 N–H and O–H groups in total. The minimum Gasteiger partial charge on any atom is -0.287 e. The third kappa shape index (κ3) is 5.63. The van der Waals surface area contributed by atoms with E-state index >= 15 is 0 Å². The lowest BCUT2D eigenvalue weighted by Crippen LogP contribution is -1.85. The highest BCUT2D eigenvalue weighted by molar-refractivity contribution is 7.96. The van der Waals surface area contributed by atoms with Crippen LogP contribution in [0, 0.1) is 0 Å². The van der Waals surface area contributed by atoms with Gasteiger partial charge in [0.05, 0.1) is 0 Å². The van der Waals surface area contributed by atoms with Crippen LogP contribution in [0.4, 0.5) is 0 Å². The van der Waals surface area contributed by atoms with Crippen LogP contribution in [-0.2, 0) is 4.79 Å². The molecule has 0 spiro atoms. The van der Waals surface area contributed by atoms with E-state index in [2.05, 4.69) is 12.6 Å². The van der Waals surface area contributed by atoms with Crippen molar-refractivity contribution in [1.29, 1.82) is 0 Å². The average molecular weight is 144 g/mol. The maximum absolute atomic E-state index is 10.3. The molecular formula is C7H12OS. The number of hydrogen-bond acceptors (Lipinski definition) is 1. The smallest absolute Gasteiger partial charge is 0.186 e. The zero-order valence-electron chi connectivity index (χ0n) is 5.85. The van der Waals surface area contributed by atoms with Crippen LogP contribution < -0.4 is 0 Å². The molecule has 1 nitrogen and oxygen atoms in total. The molecule has 0 atom stereocenters. The van der Waals surface area contributed by atoms with Gasteiger partial charge in [0.2, 0.25) is 0 Å². The topological polar surface area (TPSA) is 17.1 Å². The van der Waals surface area contributed by atoms with Crippen LogP contribution in [0.5, 0.6) is 0 Å². The molecule has 0 bridgehead atoms. The molecule has 0 aromatic heterocycles. The molecule has 0 aliphatic rings. The molecule has 0 unspecified atom stereocenters. The number of thiol groups is 1. The fourth-order valence-corrected chi connectivity index (χ4v) is 0.560. The van der Waals surface area contributed by atoms with Gasteiger partial charge in [0.1, 0.15) is 0 Å². The standard InChI is InChI=1S/C7H12OS/c1-3-6(2)4-5-7(8)9/h3H,4-5H2,1-2H3,(H,8,9)/b6-3+. The lowest BCUT2D eigenvalue weighted by molar-refractivity contribution is -0.110. The predicted molar refractivity (Wildman–Crippen MR) is 42.7 cm³/mol. The SMILES string of the molecule is C/C=C(\C)CCC(=O)S. The summed E-state index contributed by atoms with van der Waals surface area (Å²) in [7, 11) is 0. The van der Waals surface area contributed by atoms with Crippen LogP contribution in [-0.4, -0.2) is 5.12 Å². The Bertz CT molecular complexity index is 127. The highest BCUT2D eigenvalue weighted by atomic mass is 32.1. The lowest BCUT2D eigenvalue weighted by Gasteiger charge is -1.93. The van der Waals surface area contributed by atoms with E-state index in [0.717, 1.165) is 6.42 Å². The zero-order chi connectivity index (χ0) is 7.28. The minimum atomic E-state index is -0.0313. The molecule has 0 saturated heterocycles. The van der Waals surface area contributed by atoms with E-state index in [9.17, 15) is 4.79 Å². The van der Waals surface area contributed by atoms with Crippen LogP contribution in [0.3, 0.4) is 0 Å². The molecule has 2 heteroatoms. The van der Waals surface area contributed by atoms with Crippen LogP contribution in [0.15, 0.2) is 11.6 Å². The first-order valence-corrected chi connectivity index (χ1v) is 3.45. The second-order valence-corrected chi connectivity index (χ2v) is 2.53. The van der Waals surface area contributed by atoms with Crippen molar-refractivity contribution >= 4 is 17.7 Å². The third-order valence-electron chi connectivity index (χ3n) is 1.23. The van der Waals surface area contributed by atoms with Gasteiger partial charge in [-0.2, -0.15) is 0 Å². The maximum Gasteiger partial charge on any atom is 0.186 e. The third-order valence-corrected chi connectivity index (χ3v) is 1.45. The van der Waals surface area contributed by atoms with E-state index in [1.54, 1.807) is 0 Å². The normalized spacial score (nSPS) is 11.7. The Balaban J connectivity index is 3.39. The van der Waals surface area contributed by atoms with Gasteiger partial charge in [0.15, 0.2) is 5.12 Å². The summed E-state index contributed by atoms with van der Waals surface area (Å²) < 4.78 is 0. The molecule has 0 fully saturated rings. The minimum absolute atomic E-state index is 0.0313. The highest BCUT2D eigenvalue weighted by Crippen LogP contribution is 2.04. The molecule has 0 aliphatic heterocycles. The Kier molecular flexibility index (Phi) is 4.50. The fraction of sp³-hybridized carbons (Fsp3) is 0.571. The largest absolute Gasteiger partial charge is 0.287 e. The molecule has 0 aromatic carbocycles. The molecule has 0 aliphatic carbocycles. The molecule has 0 aromatic rings. The van der Waals surface area contributed by atoms with Crippen molar-refractivity contribution in [3.8, 4) is 0 Å². The van der Waals surface area contributed by atoms with Crippen molar-refractivity contribution in [2.45, 2.75) is 26.7 Å². The van der Waals surface area contributed by atoms with Crippen LogP contribution in [0.1, 0.15) is 26.7 Å². The Morgan fingerprint density at radius 2 is 2.11 bits per heavy atom. The maximum atomic E-state index is 10.3. The molecule has 0 saturated carbocycles. The summed E-state index contributed by atoms with van der Waals surface area (Å²) in [6.45, 7) is 3.98. The lowest BCUT2D eigenvalue weighted by atomic mass is 10.2. The molecule has 0 rings (SSSR count). The monoisotopic (exact) mass is 144 g/mol. The van der Waals surface area contributed by atoms with Crippen LogP contribution in [0.2, 0.25) is 0 Å². The summed E-state index contributed by atoms with van der Waals surface area (Å²) in [5.74, 6) is 0. The van der Waals surface area contributed by atoms with E-state index in [0.29, 0.717) is 6.42 Å². The first kappa shape index (κ1) is 8.76. The summed E-state index contributed by atoms with van der Waals surface area (Å²) in [6, 6.07) is 0. The first-order chi connectivity index (χ1) is 4.16. The Hall–Kier alpha value is -0.240. The zero-order valence-corrected chi connectivity index (χ0v) is 6.74. The van der Waals surface area contributed by atoms with Crippen molar-refractivity contribution in [3.05, 3.63) is 11.6 Å². The summed E-state index contributed by atoms with van der Waals surface area (Å²) in [5, 5.41) is -0.0313. The summed E-state index contributed by atoms with van der Waals surface area (Å²) in [6.07, 6.45) is 3.41. The number of rotatable bonds is 3. The van der Waals surface area contributed by atoms with Gasteiger partial charge in [-0.3, -0.25) is 4.79 Å². The molecule has 0 amide bonds. The number of carbonyl (C=O) groups excluding carboxylic acids is 1. The molecule has 0 radical (unpaired) electrons. The Labute approximate surface area is 61.6 Å². The van der Waals surface area contributed by atoms with Crippen molar-refractivity contribution in [3.63, 3.8) is 0 Å². The van der Waals surface area contributed by atoms with Crippen molar-refractivity contribution < 1.29 is 4.79 Å². The quantitative estimate of drug-likeness (QED) is 0.474. The van der Waals surface area contributed by atoms with Gasteiger partial charge in [0, 0.05) is 6.42 Å². The average Bonchev–Trinajstić information content (AvgIpc) is 1.83. The first-order valence-electron chi connectivity index (χ1n) is 3.00. The van der Waals surface area contributed by atoms with Crippen LogP contribution in [0.25, 0.3) is 0 Å². The van der Waals surface area contributed by atoms with E-state index in [-0.39, 0.29) is 5.12 Å². The summed E-state index contributed by atoms with van der Waals surface area (Å²) in [4.78, 5) is 10.3. The van der Waals surface area contributed by atoms with Crippen LogP contribution >= 0.6 is 12.6 Å². The van der Waals surface area contributed by atoms with Crippen molar-refractivity contribution in [2.24, 2.45) is 0 Å². The van der Waals surface area contributed by atoms with E-state index in [1.807, 2.05) is 19.9 Å². The van der Waals surface area contributed by atoms with Gasteiger partial charge in [-0.15, -0.1) is 12.6 Å². The van der Waals surface area contributed by atoms with E-state index in [4.69, 9.17) is 0 Å². The van der Waals surface area contributed by atoms with Gasteiger partial charge in [-0.25, -0.2) is 0 Å². The number of carbonyl (C=O) groups is 1. The number of allylic oxidation sites excluding steroid dienone is 2.